The maximum Gasteiger partial charge on any atom is 0.243 e. The van der Waals surface area contributed by atoms with Gasteiger partial charge in [-0.05, 0) is 0 Å². The average Bonchev–Trinajstić information content (AvgIpc) is 2.62. The van der Waals surface area contributed by atoms with Crippen LogP contribution < -0.4 is 32.3 Å². The fourth-order valence-electron chi connectivity index (χ4n) is 1.96. The first-order chi connectivity index (χ1) is 13.2. The lowest BCUT2D eigenvalue weighted by Crippen LogP contribution is -2.56. The van der Waals surface area contributed by atoms with Crippen molar-refractivity contribution in [2.45, 2.75) is 31.8 Å². The SMILES string of the molecule is COCCOCCNC(=O)C(CC(=O)[O-])NC(=O)C(CC(=O)NN)NC(C)=O. The van der Waals surface area contributed by atoms with Crippen molar-refractivity contribution in [3.8, 4) is 0 Å². The number of aliphatic carboxylic acids is 1. The molecule has 0 heterocycles. The van der Waals surface area contributed by atoms with Crippen molar-refractivity contribution in [3.63, 3.8) is 0 Å². The first-order valence-electron chi connectivity index (χ1n) is 8.32. The summed E-state index contributed by atoms with van der Waals surface area (Å²) in [5, 5.41) is 17.7. The van der Waals surface area contributed by atoms with Gasteiger partial charge < -0.3 is 35.3 Å². The molecular formula is C15H26N5O8-. The highest BCUT2D eigenvalue weighted by Gasteiger charge is 2.27. The minimum Gasteiger partial charge on any atom is -0.550 e. The Morgan fingerprint density at radius 2 is 1.61 bits per heavy atom. The normalized spacial score (nSPS) is 12.4. The van der Waals surface area contributed by atoms with Gasteiger partial charge in [0.05, 0.1) is 26.2 Å². The van der Waals surface area contributed by atoms with E-state index in [9.17, 15) is 29.1 Å². The molecule has 160 valence electrons. The number of carboxylic acid groups (broad SMARTS) is 1. The van der Waals surface area contributed by atoms with Crippen LogP contribution in [0.15, 0.2) is 0 Å². The second-order valence-electron chi connectivity index (χ2n) is 5.56. The quantitative estimate of drug-likeness (QED) is 0.0815. The van der Waals surface area contributed by atoms with E-state index in [0.29, 0.717) is 13.2 Å². The molecular weight excluding hydrogens is 378 g/mol. The Morgan fingerprint density at radius 3 is 2.14 bits per heavy atom. The summed E-state index contributed by atoms with van der Waals surface area (Å²) in [5.41, 5.74) is 1.80. The van der Waals surface area contributed by atoms with Gasteiger partial charge in [0, 0.05) is 33.0 Å². The highest BCUT2D eigenvalue weighted by molar-refractivity contribution is 5.95. The van der Waals surface area contributed by atoms with Crippen molar-refractivity contribution in [2.75, 3.05) is 33.5 Å². The van der Waals surface area contributed by atoms with Gasteiger partial charge in [-0.25, -0.2) is 5.84 Å². The van der Waals surface area contributed by atoms with Crippen LogP contribution in [0.2, 0.25) is 0 Å². The molecule has 0 bridgehead atoms. The second-order valence-corrected chi connectivity index (χ2v) is 5.56. The van der Waals surface area contributed by atoms with Gasteiger partial charge in [0.1, 0.15) is 12.1 Å². The molecule has 0 aromatic carbocycles. The van der Waals surface area contributed by atoms with E-state index in [2.05, 4.69) is 16.0 Å². The predicted octanol–water partition coefficient (Wildman–Crippen LogP) is -4.72. The van der Waals surface area contributed by atoms with Gasteiger partial charge in [-0.3, -0.25) is 24.6 Å². The molecule has 6 N–H and O–H groups in total. The molecule has 2 atom stereocenters. The number of amides is 4. The number of nitrogens with one attached hydrogen (secondary N) is 4. The first kappa shape index (κ1) is 25.2. The van der Waals surface area contributed by atoms with E-state index < -0.39 is 54.5 Å². The van der Waals surface area contributed by atoms with Crippen LogP contribution in [-0.2, 0) is 33.4 Å². The lowest BCUT2D eigenvalue weighted by atomic mass is 10.1. The summed E-state index contributed by atoms with van der Waals surface area (Å²) >= 11 is 0. The van der Waals surface area contributed by atoms with Crippen LogP contribution in [0.3, 0.4) is 0 Å². The molecule has 2 unspecified atom stereocenters. The zero-order chi connectivity index (χ0) is 21.5. The lowest BCUT2D eigenvalue weighted by molar-refractivity contribution is -0.306. The highest BCUT2D eigenvalue weighted by Crippen LogP contribution is 1.98. The number of hydrazine groups is 1. The van der Waals surface area contributed by atoms with E-state index in [0.717, 1.165) is 6.92 Å². The molecule has 4 amide bonds. The van der Waals surface area contributed by atoms with E-state index >= 15 is 0 Å². The van der Waals surface area contributed by atoms with Gasteiger partial charge in [-0.1, -0.05) is 0 Å². The molecule has 13 heteroatoms. The van der Waals surface area contributed by atoms with Crippen LogP contribution in [0, 0.1) is 0 Å². The number of ether oxygens (including phenoxy) is 2. The number of carbonyl (C=O) groups is 5. The van der Waals surface area contributed by atoms with Gasteiger partial charge in [0.25, 0.3) is 0 Å². The number of rotatable bonds is 14. The molecule has 0 aliphatic carbocycles. The van der Waals surface area contributed by atoms with Gasteiger partial charge in [0.15, 0.2) is 0 Å². The Balaban J connectivity index is 4.85. The van der Waals surface area contributed by atoms with Crippen LogP contribution in [-0.4, -0.2) is 75.2 Å². The molecule has 0 aromatic rings. The number of methoxy groups -OCH3 is 1. The predicted molar refractivity (Wildman–Crippen MR) is 91.8 cm³/mol. The van der Waals surface area contributed by atoms with Crippen molar-refractivity contribution in [1.29, 1.82) is 0 Å². The van der Waals surface area contributed by atoms with Crippen LogP contribution in [0.4, 0.5) is 0 Å². The molecule has 0 radical (unpaired) electrons. The molecule has 0 saturated carbocycles. The van der Waals surface area contributed by atoms with Gasteiger partial charge >= 0.3 is 0 Å². The Kier molecular flexibility index (Phi) is 12.9. The summed E-state index contributed by atoms with van der Waals surface area (Å²) < 4.78 is 9.93. The fourth-order valence-corrected chi connectivity index (χ4v) is 1.96. The Bertz CT molecular complexity index is 557. The van der Waals surface area contributed by atoms with Crippen molar-refractivity contribution < 1.29 is 38.6 Å². The number of nitrogens with two attached hydrogens (primary N) is 1. The third-order valence-corrected chi connectivity index (χ3v) is 3.23. The summed E-state index contributed by atoms with van der Waals surface area (Å²) in [4.78, 5) is 57.9. The zero-order valence-electron chi connectivity index (χ0n) is 15.7. The number of carbonyl (C=O) groups excluding carboxylic acids is 5. The van der Waals surface area contributed by atoms with E-state index in [-0.39, 0.29) is 13.2 Å². The van der Waals surface area contributed by atoms with Crippen LogP contribution in [0.25, 0.3) is 0 Å². The fraction of sp³-hybridized carbons (Fsp3) is 0.667. The minimum absolute atomic E-state index is 0.0622. The summed E-state index contributed by atoms with van der Waals surface area (Å²) in [5.74, 6) is 0.288. The topological polar surface area (TPSA) is 201 Å². The standard InChI is InChI=1S/C15H27N5O8/c1-9(21)18-10(7-12(22)20-16)15(26)19-11(8-13(23)24)14(25)17-3-4-28-6-5-27-2/h10-11H,3-8,16H2,1-2H3,(H,17,25)(H,18,21)(H,19,26)(H,20,22)(H,23,24)/p-1. The molecule has 0 spiro atoms. The second kappa shape index (κ2) is 14.3. The molecule has 0 fully saturated rings. The number of hydrogen-bond donors (Lipinski definition) is 5. The first-order valence-corrected chi connectivity index (χ1v) is 8.32. The van der Waals surface area contributed by atoms with Crippen molar-refractivity contribution in [1.82, 2.24) is 21.4 Å². The molecule has 13 nitrogen and oxygen atoms in total. The van der Waals surface area contributed by atoms with Crippen molar-refractivity contribution in [2.24, 2.45) is 5.84 Å². The van der Waals surface area contributed by atoms with Gasteiger partial charge in [0.2, 0.25) is 23.6 Å². The summed E-state index contributed by atoms with van der Waals surface area (Å²) in [7, 11) is 1.50. The number of carboxylic acids is 1. The molecule has 0 saturated heterocycles. The largest absolute Gasteiger partial charge is 0.550 e. The van der Waals surface area contributed by atoms with Crippen molar-refractivity contribution >= 4 is 29.6 Å². The molecule has 0 rings (SSSR count). The summed E-state index contributed by atoms with van der Waals surface area (Å²) in [6.07, 6.45) is -1.31. The van der Waals surface area contributed by atoms with E-state index in [1.54, 1.807) is 5.43 Å². The molecule has 28 heavy (non-hydrogen) atoms. The third kappa shape index (κ3) is 11.8. The zero-order valence-corrected chi connectivity index (χ0v) is 15.7. The van der Waals surface area contributed by atoms with Crippen LogP contribution >= 0.6 is 0 Å². The van der Waals surface area contributed by atoms with Gasteiger partial charge in [-0.2, -0.15) is 0 Å². The van der Waals surface area contributed by atoms with Crippen LogP contribution in [0.5, 0.6) is 0 Å². The summed E-state index contributed by atoms with van der Waals surface area (Å²) in [6, 6.07) is -2.83. The molecule has 0 aliphatic rings. The maximum absolute atomic E-state index is 12.3. The highest BCUT2D eigenvalue weighted by atomic mass is 16.5. The Labute approximate surface area is 161 Å². The molecule has 0 aliphatic heterocycles. The smallest absolute Gasteiger partial charge is 0.243 e. The molecule has 0 aromatic heterocycles. The van der Waals surface area contributed by atoms with E-state index in [1.165, 1.54) is 7.11 Å². The lowest BCUT2D eigenvalue weighted by Gasteiger charge is -2.22. The Hall–Kier alpha value is -2.77. The van der Waals surface area contributed by atoms with Gasteiger partial charge in [-0.15, -0.1) is 0 Å². The summed E-state index contributed by atoms with van der Waals surface area (Å²) in [6.45, 7) is 2.01. The third-order valence-electron chi connectivity index (χ3n) is 3.23. The Morgan fingerprint density at radius 1 is 0.964 bits per heavy atom. The van der Waals surface area contributed by atoms with Crippen molar-refractivity contribution in [3.05, 3.63) is 0 Å². The monoisotopic (exact) mass is 404 g/mol. The maximum atomic E-state index is 12.3. The van der Waals surface area contributed by atoms with Crippen LogP contribution in [0.1, 0.15) is 19.8 Å². The number of hydrogen-bond acceptors (Lipinski definition) is 9. The average molecular weight is 404 g/mol. The van der Waals surface area contributed by atoms with E-state index in [4.69, 9.17) is 15.3 Å². The minimum atomic E-state index is -1.58. The van der Waals surface area contributed by atoms with E-state index in [1.807, 2.05) is 0 Å².